The molecule has 1 N–H and O–H groups in total. The van der Waals surface area contributed by atoms with Crippen LogP contribution in [0.4, 0.5) is 0 Å². The first-order valence-electron chi connectivity index (χ1n) is 8.83. The van der Waals surface area contributed by atoms with Crippen LogP contribution in [0.15, 0.2) is 48.5 Å². The zero-order chi connectivity index (χ0) is 18.1. The number of amides is 1. The van der Waals surface area contributed by atoms with E-state index in [4.69, 9.17) is 4.74 Å². The number of nitrogens with one attached hydrogen (secondary N) is 1. The number of carbonyl (C=O) groups is 2. The molecular formula is C21H20N2O3. The van der Waals surface area contributed by atoms with Crippen molar-refractivity contribution in [3.8, 4) is 0 Å². The smallest absolute Gasteiger partial charge is 0.328 e. The highest BCUT2D eigenvalue weighted by Crippen LogP contribution is 2.34. The number of aromatic nitrogens is 1. The summed E-state index contributed by atoms with van der Waals surface area (Å²) in [6.07, 6.45) is 2.83. The first-order chi connectivity index (χ1) is 12.7. The highest BCUT2D eigenvalue weighted by Gasteiger charge is 2.31. The molecule has 3 aromatic rings. The molecule has 1 aromatic heterocycles. The van der Waals surface area contributed by atoms with Crippen molar-refractivity contribution in [1.29, 1.82) is 0 Å². The van der Waals surface area contributed by atoms with E-state index in [1.54, 1.807) is 0 Å². The topological polar surface area (TPSA) is 68.3 Å². The monoisotopic (exact) mass is 348 g/mol. The summed E-state index contributed by atoms with van der Waals surface area (Å²) < 4.78 is 4.89. The van der Waals surface area contributed by atoms with Gasteiger partial charge >= 0.3 is 5.97 Å². The number of nitrogens with zero attached hydrogens (tertiary/aromatic N) is 1. The van der Waals surface area contributed by atoms with E-state index in [1.165, 1.54) is 7.11 Å². The van der Waals surface area contributed by atoms with E-state index in [-0.39, 0.29) is 5.91 Å². The SMILES string of the molecule is COC(=O)[C@H](CC1CC1)NC(=O)c1c2ccccc2nc2ccccc12. The summed E-state index contributed by atoms with van der Waals surface area (Å²) in [5.41, 5.74) is 2.07. The molecule has 0 radical (unpaired) electrons. The van der Waals surface area contributed by atoms with Gasteiger partial charge in [0.15, 0.2) is 0 Å². The summed E-state index contributed by atoms with van der Waals surface area (Å²) in [6.45, 7) is 0. The fourth-order valence-corrected chi connectivity index (χ4v) is 3.36. The van der Waals surface area contributed by atoms with E-state index in [0.29, 0.717) is 17.9 Å². The second-order valence-corrected chi connectivity index (χ2v) is 6.75. The molecule has 4 rings (SSSR count). The number of esters is 1. The van der Waals surface area contributed by atoms with Crippen molar-refractivity contribution in [1.82, 2.24) is 10.3 Å². The Kier molecular flexibility index (Phi) is 4.29. The van der Waals surface area contributed by atoms with Crippen molar-refractivity contribution in [2.45, 2.75) is 25.3 Å². The lowest BCUT2D eigenvalue weighted by molar-refractivity contribution is -0.143. The van der Waals surface area contributed by atoms with E-state index < -0.39 is 12.0 Å². The fourth-order valence-electron chi connectivity index (χ4n) is 3.36. The van der Waals surface area contributed by atoms with Crippen molar-refractivity contribution in [3.05, 3.63) is 54.1 Å². The summed E-state index contributed by atoms with van der Waals surface area (Å²) >= 11 is 0. The average molecular weight is 348 g/mol. The number of methoxy groups -OCH3 is 1. The Bertz CT molecular complexity index is 941. The van der Waals surface area contributed by atoms with Crippen LogP contribution in [0.3, 0.4) is 0 Å². The van der Waals surface area contributed by atoms with Crippen LogP contribution < -0.4 is 5.32 Å². The standard InChI is InChI=1S/C21H20N2O3/c1-26-21(25)18(12-13-10-11-13)23-20(24)19-14-6-2-4-8-16(14)22-17-9-5-3-7-15(17)19/h2-9,13,18H,10-12H2,1H3,(H,23,24)/t18-/m0/s1. The number of rotatable bonds is 5. The molecule has 5 heteroatoms. The maximum absolute atomic E-state index is 13.2. The molecule has 1 fully saturated rings. The summed E-state index contributed by atoms with van der Waals surface area (Å²) in [5, 5.41) is 4.45. The van der Waals surface area contributed by atoms with Crippen LogP contribution in [0.2, 0.25) is 0 Å². The third-order valence-corrected chi connectivity index (χ3v) is 4.87. The Balaban J connectivity index is 1.77. The Hall–Kier alpha value is -2.95. The summed E-state index contributed by atoms with van der Waals surface area (Å²) in [6, 6.07) is 14.5. The minimum atomic E-state index is -0.620. The predicted molar refractivity (Wildman–Crippen MR) is 99.9 cm³/mol. The maximum atomic E-state index is 13.2. The lowest BCUT2D eigenvalue weighted by atomic mass is 10.0. The molecule has 1 aliphatic carbocycles. The highest BCUT2D eigenvalue weighted by molar-refractivity contribution is 6.16. The highest BCUT2D eigenvalue weighted by atomic mass is 16.5. The number of hydrogen-bond acceptors (Lipinski definition) is 4. The van der Waals surface area contributed by atoms with Crippen LogP contribution in [-0.2, 0) is 9.53 Å². The summed E-state index contributed by atoms with van der Waals surface area (Å²) in [4.78, 5) is 29.9. The zero-order valence-electron chi connectivity index (χ0n) is 14.6. The quantitative estimate of drug-likeness (QED) is 0.566. The van der Waals surface area contributed by atoms with Gasteiger partial charge in [-0.25, -0.2) is 9.78 Å². The molecule has 132 valence electrons. The third kappa shape index (κ3) is 3.12. The minimum absolute atomic E-state index is 0.268. The van der Waals surface area contributed by atoms with Crippen LogP contribution >= 0.6 is 0 Å². The largest absolute Gasteiger partial charge is 0.467 e. The fraction of sp³-hybridized carbons (Fsp3) is 0.286. The molecule has 1 atom stereocenters. The van der Waals surface area contributed by atoms with Gasteiger partial charge in [-0.1, -0.05) is 49.2 Å². The molecule has 0 spiro atoms. The zero-order valence-corrected chi connectivity index (χ0v) is 14.6. The van der Waals surface area contributed by atoms with Gasteiger partial charge in [0.2, 0.25) is 0 Å². The Labute approximate surface area is 151 Å². The second kappa shape index (κ2) is 6.75. The number of pyridine rings is 1. The molecule has 0 saturated heterocycles. The van der Waals surface area contributed by atoms with E-state index in [0.717, 1.165) is 34.6 Å². The molecular weight excluding hydrogens is 328 g/mol. The van der Waals surface area contributed by atoms with E-state index in [1.807, 2.05) is 48.5 Å². The van der Waals surface area contributed by atoms with Gasteiger partial charge in [-0.2, -0.15) is 0 Å². The predicted octanol–water partition coefficient (Wildman–Crippen LogP) is 3.46. The van der Waals surface area contributed by atoms with Crippen molar-refractivity contribution in [3.63, 3.8) is 0 Å². The van der Waals surface area contributed by atoms with Gasteiger partial charge in [-0.15, -0.1) is 0 Å². The van der Waals surface area contributed by atoms with Gasteiger partial charge in [0.05, 0.1) is 23.7 Å². The Morgan fingerprint density at radius 3 is 2.19 bits per heavy atom. The number of ether oxygens (including phenoxy) is 1. The maximum Gasteiger partial charge on any atom is 0.328 e. The van der Waals surface area contributed by atoms with Crippen LogP contribution in [0, 0.1) is 5.92 Å². The Morgan fingerprint density at radius 2 is 1.65 bits per heavy atom. The molecule has 0 aliphatic heterocycles. The number of fused-ring (bicyclic) bond motifs is 2. The molecule has 2 aromatic carbocycles. The van der Waals surface area contributed by atoms with Gasteiger partial charge < -0.3 is 10.1 Å². The number of benzene rings is 2. The second-order valence-electron chi connectivity index (χ2n) is 6.75. The summed E-state index contributed by atoms with van der Waals surface area (Å²) in [5.74, 6) is -0.172. The van der Waals surface area contributed by atoms with Crippen LogP contribution in [0.1, 0.15) is 29.6 Å². The molecule has 1 heterocycles. The number of hydrogen-bond donors (Lipinski definition) is 1. The average Bonchev–Trinajstić information content (AvgIpc) is 3.48. The molecule has 0 bridgehead atoms. The molecule has 1 saturated carbocycles. The summed E-state index contributed by atoms with van der Waals surface area (Å²) in [7, 11) is 1.35. The van der Waals surface area contributed by atoms with Crippen molar-refractivity contribution in [2.24, 2.45) is 5.92 Å². The van der Waals surface area contributed by atoms with Crippen molar-refractivity contribution >= 4 is 33.7 Å². The van der Waals surface area contributed by atoms with Gasteiger partial charge in [-0.05, 0) is 24.5 Å². The first kappa shape index (κ1) is 16.5. The molecule has 0 unspecified atom stereocenters. The number of para-hydroxylation sites is 2. The van der Waals surface area contributed by atoms with Gasteiger partial charge in [0.25, 0.3) is 5.91 Å². The van der Waals surface area contributed by atoms with Crippen molar-refractivity contribution in [2.75, 3.05) is 7.11 Å². The van der Waals surface area contributed by atoms with Crippen molar-refractivity contribution < 1.29 is 14.3 Å². The lowest BCUT2D eigenvalue weighted by Crippen LogP contribution is -2.42. The third-order valence-electron chi connectivity index (χ3n) is 4.87. The van der Waals surface area contributed by atoms with Crippen LogP contribution in [0.5, 0.6) is 0 Å². The van der Waals surface area contributed by atoms with Crippen LogP contribution in [0.25, 0.3) is 21.8 Å². The normalized spacial score (nSPS) is 15.0. The molecule has 5 nitrogen and oxygen atoms in total. The minimum Gasteiger partial charge on any atom is -0.467 e. The molecule has 1 aliphatic rings. The first-order valence-corrected chi connectivity index (χ1v) is 8.83. The van der Waals surface area contributed by atoms with E-state index >= 15 is 0 Å². The molecule has 26 heavy (non-hydrogen) atoms. The van der Waals surface area contributed by atoms with E-state index in [9.17, 15) is 9.59 Å². The van der Waals surface area contributed by atoms with Gasteiger partial charge in [-0.3, -0.25) is 4.79 Å². The lowest BCUT2D eigenvalue weighted by Gasteiger charge is -2.18. The van der Waals surface area contributed by atoms with Gasteiger partial charge in [0, 0.05) is 10.8 Å². The molecule has 1 amide bonds. The van der Waals surface area contributed by atoms with E-state index in [2.05, 4.69) is 10.3 Å². The van der Waals surface area contributed by atoms with Gasteiger partial charge in [0.1, 0.15) is 6.04 Å². The number of carbonyl (C=O) groups excluding carboxylic acids is 2. The Morgan fingerprint density at radius 1 is 1.08 bits per heavy atom. The van der Waals surface area contributed by atoms with Crippen LogP contribution in [-0.4, -0.2) is 30.0 Å².